The molecule has 0 aliphatic carbocycles. The number of hydrogen-bond donors (Lipinski definition) is 0. The number of thiophene rings is 1. The molecular formula is C45H28N4S. The minimum absolute atomic E-state index is 0.196. The first-order valence-corrected chi connectivity index (χ1v) is 17.1. The van der Waals surface area contributed by atoms with Crippen LogP contribution >= 0.6 is 11.3 Å². The Labute approximate surface area is 299 Å². The smallest absolute Gasteiger partial charge is 0.164 e. The molecule has 3 aromatic heterocycles. The van der Waals surface area contributed by atoms with Crippen molar-refractivity contribution in [2.75, 3.05) is 0 Å². The van der Waals surface area contributed by atoms with Crippen LogP contribution in [0.5, 0.6) is 0 Å². The molecule has 0 aliphatic rings. The van der Waals surface area contributed by atoms with E-state index in [1.165, 1.54) is 16.7 Å². The van der Waals surface area contributed by atoms with Crippen LogP contribution in [0.1, 0.15) is 6.85 Å². The van der Waals surface area contributed by atoms with E-state index in [0.717, 1.165) is 59.0 Å². The molecule has 0 saturated heterocycles. The zero-order valence-corrected chi connectivity index (χ0v) is 27.3. The van der Waals surface area contributed by atoms with Crippen molar-refractivity contribution in [3.8, 4) is 51.0 Å². The van der Waals surface area contributed by atoms with Gasteiger partial charge >= 0.3 is 0 Å². The van der Waals surface area contributed by atoms with Crippen molar-refractivity contribution in [3.63, 3.8) is 0 Å². The van der Waals surface area contributed by atoms with E-state index in [0.29, 0.717) is 23.0 Å². The third-order valence-corrected chi connectivity index (χ3v) is 10.3. The highest BCUT2D eigenvalue weighted by atomic mass is 32.1. The Hall–Kier alpha value is -6.43. The van der Waals surface area contributed by atoms with Gasteiger partial charge in [-0.1, -0.05) is 139 Å². The highest BCUT2D eigenvalue weighted by molar-refractivity contribution is 7.26. The number of fused-ring (bicyclic) bond motifs is 6. The predicted molar refractivity (Wildman–Crippen MR) is 209 cm³/mol. The number of rotatable bonds is 5. The standard InChI is InChI=1S/C45H28N4S/c1-4-13-29(14-5-1)34-20-12-21-38-37-26-24-32(28-41(37)50-42(34)38)45-47-43(30-15-6-2-7-16-30)46-44(48-45)31-23-25-36-35-19-10-11-22-39(35)49(40(36)27-31)33-17-8-3-9-18-33/h1-28H/i1D,4D,5D,13D,14D. The summed E-state index contributed by atoms with van der Waals surface area (Å²) in [6.45, 7) is 0. The van der Waals surface area contributed by atoms with Crippen molar-refractivity contribution in [1.29, 1.82) is 0 Å². The van der Waals surface area contributed by atoms with E-state index in [-0.39, 0.29) is 29.7 Å². The first-order valence-electron chi connectivity index (χ1n) is 18.8. The second-order valence-electron chi connectivity index (χ2n) is 12.1. The van der Waals surface area contributed by atoms with Gasteiger partial charge in [0.2, 0.25) is 0 Å². The molecule has 0 aliphatic heterocycles. The number of hydrogen-bond acceptors (Lipinski definition) is 4. The number of aromatic nitrogens is 4. The number of para-hydroxylation sites is 2. The van der Waals surface area contributed by atoms with E-state index in [4.69, 9.17) is 21.8 Å². The van der Waals surface area contributed by atoms with Gasteiger partial charge in [-0.15, -0.1) is 11.3 Å². The van der Waals surface area contributed by atoms with Crippen molar-refractivity contribution < 1.29 is 6.85 Å². The summed E-state index contributed by atoms with van der Waals surface area (Å²) in [5.74, 6) is 1.64. The maximum absolute atomic E-state index is 8.65. The summed E-state index contributed by atoms with van der Waals surface area (Å²) >= 11 is 1.52. The summed E-state index contributed by atoms with van der Waals surface area (Å²) in [5.41, 5.74) is 6.58. The average Bonchev–Trinajstić information content (AvgIpc) is 3.78. The third-order valence-electron chi connectivity index (χ3n) is 9.14. The van der Waals surface area contributed by atoms with E-state index in [2.05, 4.69) is 65.2 Å². The highest BCUT2D eigenvalue weighted by Gasteiger charge is 2.18. The largest absolute Gasteiger partial charge is 0.309 e. The molecule has 0 bridgehead atoms. The predicted octanol–water partition coefficient (Wildman–Crippen LogP) is 12.0. The van der Waals surface area contributed by atoms with Crippen molar-refractivity contribution in [2.45, 2.75) is 0 Å². The molecule has 4 nitrogen and oxygen atoms in total. The van der Waals surface area contributed by atoms with E-state index in [9.17, 15) is 0 Å². The zero-order chi connectivity index (χ0) is 37.4. The molecule has 50 heavy (non-hydrogen) atoms. The minimum atomic E-state index is -0.406. The summed E-state index contributed by atoms with van der Waals surface area (Å²) in [4.78, 5) is 15.1. The molecule has 7 aromatic carbocycles. The lowest BCUT2D eigenvalue weighted by Gasteiger charge is -2.10. The molecule has 0 amide bonds. The Kier molecular flexibility index (Phi) is 5.54. The van der Waals surface area contributed by atoms with Crippen LogP contribution in [0.4, 0.5) is 0 Å². The summed E-state index contributed by atoms with van der Waals surface area (Å²) in [6, 6.07) is 45.4. The van der Waals surface area contributed by atoms with Gasteiger partial charge < -0.3 is 4.57 Å². The Balaban J connectivity index is 1.16. The van der Waals surface area contributed by atoms with Crippen molar-refractivity contribution >= 4 is 53.3 Å². The zero-order valence-electron chi connectivity index (χ0n) is 31.5. The molecule has 10 rings (SSSR count). The normalized spacial score (nSPS) is 13.0. The van der Waals surface area contributed by atoms with Gasteiger partial charge in [0.1, 0.15) is 0 Å². The molecule has 10 aromatic rings. The van der Waals surface area contributed by atoms with Gasteiger partial charge in [-0.05, 0) is 41.5 Å². The van der Waals surface area contributed by atoms with Crippen LogP contribution in [0.2, 0.25) is 0 Å². The first kappa shape index (κ1) is 23.8. The second-order valence-corrected chi connectivity index (χ2v) is 13.1. The molecule has 0 spiro atoms. The number of nitrogens with zero attached hydrogens (tertiary/aromatic N) is 4. The Morgan fingerprint density at radius 2 is 1.08 bits per heavy atom. The maximum Gasteiger partial charge on any atom is 0.164 e. The van der Waals surface area contributed by atoms with Crippen LogP contribution in [0.25, 0.3) is 93.0 Å². The quantitative estimate of drug-likeness (QED) is 0.184. The van der Waals surface area contributed by atoms with Crippen LogP contribution < -0.4 is 0 Å². The van der Waals surface area contributed by atoms with Gasteiger partial charge in [-0.3, -0.25) is 0 Å². The second kappa shape index (κ2) is 11.6. The molecule has 0 fully saturated rings. The van der Waals surface area contributed by atoms with Crippen LogP contribution in [0.3, 0.4) is 0 Å². The highest BCUT2D eigenvalue weighted by Crippen LogP contribution is 2.41. The third kappa shape index (κ3) is 4.71. The fraction of sp³-hybridized carbons (Fsp3) is 0. The molecule has 0 atom stereocenters. The van der Waals surface area contributed by atoms with Crippen LogP contribution in [-0.4, -0.2) is 19.5 Å². The van der Waals surface area contributed by atoms with Crippen molar-refractivity contribution in [1.82, 2.24) is 19.5 Å². The lowest BCUT2D eigenvalue weighted by Crippen LogP contribution is -2.00. The molecular weight excluding hydrogens is 629 g/mol. The molecule has 0 N–H and O–H groups in total. The topological polar surface area (TPSA) is 43.6 Å². The van der Waals surface area contributed by atoms with Gasteiger partial charge in [0, 0.05) is 53.3 Å². The monoisotopic (exact) mass is 661 g/mol. The average molecular weight is 662 g/mol. The van der Waals surface area contributed by atoms with Crippen LogP contribution in [0.15, 0.2) is 170 Å². The summed E-state index contributed by atoms with van der Waals surface area (Å²) in [5, 5.41) is 4.24. The molecule has 234 valence electrons. The fourth-order valence-electron chi connectivity index (χ4n) is 6.83. The number of benzene rings is 7. The van der Waals surface area contributed by atoms with Gasteiger partial charge in [-0.25, -0.2) is 15.0 Å². The van der Waals surface area contributed by atoms with Gasteiger partial charge in [0.15, 0.2) is 17.5 Å². The van der Waals surface area contributed by atoms with E-state index < -0.39 is 6.04 Å². The van der Waals surface area contributed by atoms with Crippen molar-refractivity contribution in [3.05, 3.63) is 170 Å². The summed E-state index contributed by atoms with van der Waals surface area (Å²) in [6.07, 6.45) is 0. The fourth-order valence-corrected chi connectivity index (χ4v) is 8.10. The lowest BCUT2D eigenvalue weighted by atomic mass is 10.0. The van der Waals surface area contributed by atoms with Gasteiger partial charge in [0.25, 0.3) is 0 Å². The Bertz CT molecular complexity index is 3130. The lowest BCUT2D eigenvalue weighted by molar-refractivity contribution is 1.07. The molecule has 0 radical (unpaired) electrons. The van der Waals surface area contributed by atoms with Crippen molar-refractivity contribution in [2.24, 2.45) is 0 Å². The van der Waals surface area contributed by atoms with E-state index in [1.54, 1.807) is 0 Å². The maximum atomic E-state index is 8.65. The Morgan fingerprint density at radius 1 is 0.460 bits per heavy atom. The minimum Gasteiger partial charge on any atom is -0.309 e. The molecule has 0 unspecified atom stereocenters. The Morgan fingerprint density at radius 3 is 1.86 bits per heavy atom. The first-order chi connectivity index (χ1) is 26.9. The van der Waals surface area contributed by atoms with Crippen LogP contribution in [0, 0.1) is 0 Å². The summed E-state index contributed by atoms with van der Waals surface area (Å²) in [7, 11) is 0. The molecule has 5 heteroatoms. The summed E-state index contributed by atoms with van der Waals surface area (Å²) < 4.78 is 46.0. The molecule has 0 saturated carbocycles. The van der Waals surface area contributed by atoms with Gasteiger partial charge in [0.05, 0.1) is 17.9 Å². The van der Waals surface area contributed by atoms with E-state index in [1.807, 2.05) is 78.9 Å². The molecule has 3 heterocycles. The van der Waals surface area contributed by atoms with Gasteiger partial charge in [-0.2, -0.15) is 0 Å². The van der Waals surface area contributed by atoms with E-state index >= 15 is 0 Å². The SMILES string of the molecule is [2H]c1c([2H])c([2H])c(-c2cccc3c2sc2cc(-c4nc(-c5ccccc5)nc(-c5ccc6c7ccccc7n(-c7ccccc7)c6c5)n4)ccc23)c([2H])c1[2H]. The van der Waals surface area contributed by atoms with Crippen LogP contribution in [-0.2, 0) is 0 Å².